The highest BCUT2D eigenvalue weighted by Crippen LogP contribution is 2.31. The molecule has 3 aromatic rings. The monoisotopic (exact) mass is 342 g/mol. The van der Waals surface area contributed by atoms with Crippen molar-refractivity contribution in [3.8, 4) is 17.6 Å². The van der Waals surface area contributed by atoms with Gasteiger partial charge in [0.2, 0.25) is 0 Å². The molecule has 0 atom stereocenters. The Labute approximate surface area is 141 Å². The Morgan fingerprint density at radius 3 is 2.91 bits per heavy atom. The van der Waals surface area contributed by atoms with Crippen molar-refractivity contribution in [3.63, 3.8) is 0 Å². The number of rotatable bonds is 3. The number of nitriles is 1. The van der Waals surface area contributed by atoms with Crippen LogP contribution in [0.4, 0.5) is 0 Å². The van der Waals surface area contributed by atoms with E-state index < -0.39 is 0 Å². The lowest BCUT2D eigenvalue weighted by atomic mass is 10.1. The first-order valence-electron chi connectivity index (χ1n) is 6.66. The molecule has 0 bridgehead atoms. The average molecular weight is 343 g/mol. The summed E-state index contributed by atoms with van der Waals surface area (Å²) in [5.74, 6) is 0.407. The molecule has 114 valence electrons. The van der Waals surface area contributed by atoms with Gasteiger partial charge in [-0.15, -0.1) is 11.3 Å². The molecule has 0 amide bonds. The molecule has 0 aliphatic rings. The SMILES string of the molecule is COc1cc(C=C(C#N)c2nc3cc(Cl)ccc3s2)ccc1O. The highest BCUT2D eigenvalue weighted by molar-refractivity contribution is 7.19. The molecule has 23 heavy (non-hydrogen) atoms. The topological polar surface area (TPSA) is 66.1 Å². The van der Waals surface area contributed by atoms with Gasteiger partial charge < -0.3 is 9.84 Å². The van der Waals surface area contributed by atoms with E-state index in [0.29, 0.717) is 21.4 Å². The van der Waals surface area contributed by atoms with Gasteiger partial charge in [0.05, 0.1) is 22.9 Å². The Hall–Kier alpha value is -2.55. The maximum Gasteiger partial charge on any atom is 0.161 e. The highest BCUT2D eigenvalue weighted by Gasteiger charge is 2.10. The lowest BCUT2D eigenvalue weighted by Crippen LogP contribution is -1.85. The number of phenolic OH excluding ortho intramolecular Hbond substituents is 1. The van der Waals surface area contributed by atoms with Crippen LogP contribution in [-0.2, 0) is 0 Å². The number of allylic oxidation sites excluding steroid dienone is 1. The summed E-state index contributed by atoms with van der Waals surface area (Å²) < 4.78 is 6.04. The van der Waals surface area contributed by atoms with Crippen molar-refractivity contribution in [1.82, 2.24) is 4.98 Å². The molecule has 0 radical (unpaired) electrons. The van der Waals surface area contributed by atoms with Crippen LogP contribution >= 0.6 is 22.9 Å². The molecule has 0 saturated carbocycles. The molecule has 0 aliphatic heterocycles. The quantitative estimate of drug-likeness (QED) is 0.699. The molecule has 2 aromatic carbocycles. The lowest BCUT2D eigenvalue weighted by Gasteiger charge is -2.04. The smallest absolute Gasteiger partial charge is 0.161 e. The maximum atomic E-state index is 9.63. The Kier molecular flexibility index (Phi) is 4.20. The van der Waals surface area contributed by atoms with Crippen molar-refractivity contribution in [3.05, 3.63) is 52.0 Å². The van der Waals surface area contributed by atoms with Gasteiger partial charge in [-0.05, 0) is 42.0 Å². The van der Waals surface area contributed by atoms with Crippen LogP contribution < -0.4 is 4.74 Å². The molecule has 6 heteroatoms. The summed E-state index contributed by atoms with van der Waals surface area (Å²) in [4.78, 5) is 4.46. The fourth-order valence-corrected chi connectivity index (χ4v) is 3.19. The Balaban J connectivity index is 2.05. The second-order valence-electron chi connectivity index (χ2n) is 4.73. The van der Waals surface area contributed by atoms with Gasteiger partial charge in [0.15, 0.2) is 11.5 Å². The van der Waals surface area contributed by atoms with Crippen LogP contribution in [0.15, 0.2) is 36.4 Å². The van der Waals surface area contributed by atoms with Crippen molar-refractivity contribution < 1.29 is 9.84 Å². The zero-order valence-corrected chi connectivity index (χ0v) is 13.6. The van der Waals surface area contributed by atoms with Gasteiger partial charge in [-0.3, -0.25) is 0 Å². The number of methoxy groups -OCH3 is 1. The number of ether oxygens (including phenoxy) is 1. The molecule has 0 unspecified atom stereocenters. The Bertz CT molecular complexity index is 957. The first-order chi connectivity index (χ1) is 11.1. The minimum atomic E-state index is 0.0535. The molecule has 0 saturated heterocycles. The number of benzene rings is 2. The number of thiazole rings is 1. The summed E-state index contributed by atoms with van der Waals surface area (Å²) >= 11 is 7.40. The van der Waals surface area contributed by atoms with E-state index in [2.05, 4.69) is 11.1 Å². The van der Waals surface area contributed by atoms with E-state index in [4.69, 9.17) is 16.3 Å². The van der Waals surface area contributed by atoms with Crippen LogP contribution in [0.5, 0.6) is 11.5 Å². The summed E-state index contributed by atoms with van der Waals surface area (Å²) in [6.45, 7) is 0. The van der Waals surface area contributed by atoms with E-state index in [1.807, 2.05) is 6.07 Å². The summed E-state index contributed by atoms with van der Waals surface area (Å²) in [6.07, 6.45) is 1.71. The molecule has 1 heterocycles. The minimum Gasteiger partial charge on any atom is -0.504 e. The van der Waals surface area contributed by atoms with E-state index in [9.17, 15) is 10.4 Å². The van der Waals surface area contributed by atoms with E-state index in [0.717, 1.165) is 15.8 Å². The van der Waals surface area contributed by atoms with Crippen molar-refractivity contribution >= 4 is 44.8 Å². The zero-order valence-electron chi connectivity index (χ0n) is 12.1. The van der Waals surface area contributed by atoms with Gasteiger partial charge in [-0.2, -0.15) is 5.26 Å². The van der Waals surface area contributed by atoms with Crippen LogP contribution in [0.25, 0.3) is 21.9 Å². The van der Waals surface area contributed by atoms with Crippen LogP contribution in [0.3, 0.4) is 0 Å². The molecule has 1 N–H and O–H groups in total. The molecule has 4 nitrogen and oxygen atoms in total. The fourth-order valence-electron chi connectivity index (χ4n) is 2.11. The largest absolute Gasteiger partial charge is 0.504 e. The van der Waals surface area contributed by atoms with Crippen molar-refractivity contribution in [2.75, 3.05) is 7.11 Å². The molecule has 1 aromatic heterocycles. The summed E-state index contributed by atoms with van der Waals surface area (Å²) in [5, 5.41) is 20.3. The van der Waals surface area contributed by atoms with Gasteiger partial charge in [-0.25, -0.2) is 4.98 Å². The number of fused-ring (bicyclic) bond motifs is 1. The Morgan fingerprint density at radius 2 is 2.17 bits per heavy atom. The third-order valence-corrected chi connectivity index (χ3v) is 4.52. The first kappa shape index (κ1) is 15.3. The van der Waals surface area contributed by atoms with Gasteiger partial charge in [-0.1, -0.05) is 17.7 Å². The average Bonchev–Trinajstić information content (AvgIpc) is 2.96. The van der Waals surface area contributed by atoms with E-state index in [1.54, 1.807) is 30.3 Å². The molecule has 0 spiro atoms. The van der Waals surface area contributed by atoms with Crippen LogP contribution in [0.1, 0.15) is 10.6 Å². The van der Waals surface area contributed by atoms with Gasteiger partial charge in [0.25, 0.3) is 0 Å². The number of phenols is 1. The predicted molar refractivity (Wildman–Crippen MR) is 92.8 cm³/mol. The summed E-state index contributed by atoms with van der Waals surface area (Å²) in [6, 6.07) is 12.5. The van der Waals surface area contributed by atoms with Crippen molar-refractivity contribution in [1.29, 1.82) is 5.26 Å². The molecular formula is C17H11ClN2O2S. The van der Waals surface area contributed by atoms with Crippen LogP contribution in [0.2, 0.25) is 5.02 Å². The van der Waals surface area contributed by atoms with E-state index in [1.165, 1.54) is 24.5 Å². The number of hydrogen-bond acceptors (Lipinski definition) is 5. The van der Waals surface area contributed by atoms with Crippen molar-refractivity contribution in [2.24, 2.45) is 0 Å². The van der Waals surface area contributed by atoms with E-state index >= 15 is 0 Å². The Morgan fingerprint density at radius 1 is 1.35 bits per heavy atom. The summed E-state index contributed by atoms with van der Waals surface area (Å²) in [7, 11) is 1.48. The normalized spacial score (nSPS) is 11.4. The third-order valence-electron chi connectivity index (χ3n) is 3.22. The molecule has 0 aliphatic carbocycles. The second kappa shape index (κ2) is 6.29. The van der Waals surface area contributed by atoms with E-state index in [-0.39, 0.29) is 5.75 Å². The number of aromatic hydroxyl groups is 1. The van der Waals surface area contributed by atoms with Crippen LogP contribution in [0, 0.1) is 11.3 Å². The second-order valence-corrected chi connectivity index (χ2v) is 6.20. The number of aromatic nitrogens is 1. The predicted octanol–water partition coefficient (Wildman–Crippen LogP) is 4.73. The number of hydrogen-bond donors (Lipinski definition) is 1. The standard InChI is InChI=1S/C17H11ClN2O2S/c1-22-15-7-10(2-4-14(15)21)6-11(9-19)17-20-13-8-12(18)3-5-16(13)23-17/h2-8,21H,1H3. The maximum absolute atomic E-state index is 9.63. The number of nitrogens with zero attached hydrogens (tertiary/aromatic N) is 2. The van der Waals surface area contributed by atoms with Gasteiger partial charge >= 0.3 is 0 Å². The minimum absolute atomic E-state index is 0.0535. The fraction of sp³-hybridized carbons (Fsp3) is 0.0588. The van der Waals surface area contributed by atoms with Crippen molar-refractivity contribution in [2.45, 2.75) is 0 Å². The van der Waals surface area contributed by atoms with Gasteiger partial charge in [0, 0.05) is 5.02 Å². The molecule has 0 fully saturated rings. The van der Waals surface area contributed by atoms with Gasteiger partial charge in [0.1, 0.15) is 11.1 Å². The zero-order chi connectivity index (χ0) is 16.4. The highest BCUT2D eigenvalue weighted by atomic mass is 35.5. The van der Waals surface area contributed by atoms with Crippen LogP contribution in [-0.4, -0.2) is 17.2 Å². The molecule has 3 rings (SSSR count). The molecular weight excluding hydrogens is 332 g/mol. The summed E-state index contributed by atoms with van der Waals surface area (Å²) in [5.41, 5.74) is 1.95. The number of halogens is 1. The lowest BCUT2D eigenvalue weighted by molar-refractivity contribution is 0.373. The first-order valence-corrected chi connectivity index (χ1v) is 7.85. The third kappa shape index (κ3) is 3.14.